The molecule has 218 valence electrons. The molecule has 5 aromatic carbocycles. The van der Waals surface area contributed by atoms with Crippen molar-refractivity contribution in [3.05, 3.63) is 168 Å². The molecule has 0 aliphatic heterocycles. The predicted octanol–water partition coefficient (Wildman–Crippen LogP) is 9.83. The van der Waals surface area contributed by atoms with Crippen molar-refractivity contribution in [2.45, 2.75) is 20.4 Å². The van der Waals surface area contributed by atoms with Gasteiger partial charge in [-0.05, 0) is 78.6 Å². The molecule has 45 heavy (non-hydrogen) atoms. The van der Waals surface area contributed by atoms with Crippen LogP contribution in [0, 0.1) is 0 Å². The Morgan fingerprint density at radius 3 is 2.16 bits per heavy atom. The van der Waals surface area contributed by atoms with E-state index in [9.17, 15) is 0 Å². The number of hydrogen-bond acceptors (Lipinski definition) is 0. The summed E-state index contributed by atoms with van der Waals surface area (Å²) in [5.74, 6) is 0. The van der Waals surface area contributed by atoms with Gasteiger partial charge in [0.25, 0.3) is 0 Å². The van der Waals surface area contributed by atoms with Crippen LogP contribution in [-0.2, 0) is 6.54 Å². The molecule has 0 atom stereocenters. The average Bonchev–Trinajstić information content (AvgIpc) is 3.58. The summed E-state index contributed by atoms with van der Waals surface area (Å²) in [5, 5.41) is 6.19. The van der Waals surface area contributed by atoms with Crippen molar-refractivity contribution in [2.24, 2.45) is 0 Å². The van der Waals surface area contributed by atoms with E-state index in [-0.39, 0.29) is 0 Å². The molecule has 2 heterocycles. The number of aromatic nitrogens is 2. The fourth-order valence-electron chi connectivity index (χ4n) is 6.68. The van der Waals surface area contributed by atoms with Crippen LogP contribution < -0.4 is 10.6 Å². The lowest BCUT2D eigenvalue weighted by molar-refractivity contribution is 0.832. The van der Waals surface area contributed by atoms with Crippen molar-refractivity contribution in [1.82, 2.24) is 9.13 Å². The van der Waals surface area contributed by atoms with Gasteiger partial charge in [0.2, 0.25) is 0 Å². The summed E-state index contributed by atoms with van der Waals surface area (Å²) in [6.45, 7) is 8.95. The molecule has 2 aromatic heterocycles. The number of para-hydroxylation sites is 2. The lowest BCUT2D eigenvalue weighted by atomic mass is 10.0. The molecule has 0 amide bonds. The Morgan fingerprint density at radius 1 is 0.667 bits per heavy atom. The summed E-state index contributed by atoms with van der Waals surface area (Å²) in [4.78, 5) is 0. The number of nitrogens with zero attached hydrogens (tertiary/aromatic N) is 2. The third-order valence-corrected chi connectivity index (χ3v) is 8.67. The van der Waals surface area contributed by atoms with Gasteiger partial charge in [0.1, 0.15) is 0 Å². The first-order valence-electron chi connectivity index (χ1n) is 15.6. The molecule has 2 nitrogen and oxygen atoms in total. The fraction of sp³-hybridized carbons (Fsp3) is 0.0698. The van der Waals surface area contributed by atoms with E-state index in [1.807, 2.05) is 6.08 Å². The second kappa shape index (κ2) is 12.2. The maximum Gasteiger partial charge on any atom is 0.0541 e. The second-order valence-corrected chi connectivity index (χ2v) is 11.3. The highest BCUT2D eigenvalue weighted by Crippen LogP contribution is 2.35. The number of allylic oxidation sites excluding steroid dienone is 5. The molecule has 0 saturated heterocycles. The Balaban J connectivity index is 1.37. The summed E-state index contributed by atoms with van der Waals surface area (Å²) in [5.41, 5.74) is 9.63. The molecular formula is C43H36N2. The van der Waals surface area contributed by atoms with Gasteiger partial charge in [-0.2, -0.15) is 0 Å². The van der Waals surface area contributed by atoms with E-state index in [0.717, 1.165) is 12.2 Å². The summed E-state index contributed by atoms with van der Waals surface area (Å²) >= 11 is 0. The van der Waals surface area contributed by atoms with Crippen molar-refractivity contribution in [1.29, 1.82) is 0 Å². The minimum absolute atomic E-state index is 0.750. The van der Waals surface area contributed by atoms with E-state index in [4.69, 9.17) is 0 Å². The minimum atomic E-state index is 0.750. The zero-order valence-electron chi connectivity index (χ0n) is 25.8. The fourth-order valence-corrected chi connectivity index (χ4v) is 6.68. The molecule has 0 spiro atoms. The third kappa shape index (κ3) is 5.05. The van der Waals surface area contributed by atoms with E-state index in [2.05, 4.69) is 181 Å². The number of rotatable bonds is 7. The second-order valence-electron chi connectivity index (χ2n) is 11.3. The van der Waals surface area contributed by atoms with E-state index < -0.39 is 0 Å². The summed E-state index contributed by atoms with van der Waals surface area (Å²) in [6.07, 6.45) is 12.9. The van der Waals surface area contributed by atoms with Gasteiger partial charge < -0.3 is 9.13 Å². The summed E-state index contributed by atoms with van der Waals surface area (Å²) in [6, 6.07) is 43.7. The van der Waals surface area contributed by atoms with Gasteiger partial charge in [-0.3, -0.25) is 0 Å². The summed E-state index contributed by atoms with van der Waals surface area (Å²) < 4.78 is 4.78. The molecule has 2 heteroatoms. The minimum Gasteiger partial charge on any atom is -0.337 e. The van der Waals surface area contributed by atoms with Crippen LogP contribution in [0.25, 0.3) is 67.2 Å². The van der Waals surface area contributed by atoms with Crippen molar-refractivity contribution in [2.75, 3.05) is 0 Å². The summed E-state index contributed by atoms with van der Waals surface area (Å²) in [7, 11) is 0. The maximum atomic E-state index is 4.00. The zero-order chi connectivity index (χ0) is 30.8. The lowest BCUT2D eigenvalue weighted by Gasteiger charge is -2.11. The zero-order valence-corrected chi connectivity index (χ0v) is 25.8. The van der Waals surface area contributed by atoms with E-state index in [1.165, 1.54) is 65.5 Å². The molecule has 0 unspecified atom stereocenters. The van der Waals surface area contributed by atoms with Gasteiger partial charge in [0.15, 0.2) is 0 Å². The first-order valence-corrected chi connectivity index (χ1v) is 15.6. The third-order valence-electron chi connectivity index (χ3n) is 8.67. The van der Waals surface area contributed by atoms with Crippen LogP contribution in [0.4, 0.5) is 0 Å². The quantitative estimate of drug-likeness (QED) is 0.166. The van der Waals surface area contributed by atoms with Gasteiger partial charge >= 0.3 is 0 Å². The maximum absolute atomic E-state index is 4.00. The Morgan fingerprint density at radius 2 is 1.38 bits per heavy atom. The molecule has 7 rings (SSSR count). The smallest absolute Gasteiger partial charge is 0.0541 e. The van der Waals surface area contributed by atoms with Gasteiger partial charge in [0.05, 0.1) is 11.0 Å². The van der Waals surface area contributed by atoms with Crippen LogP contribution in [-0.4, -0.2) is 9.13 Å². The van der Waals surface area contributed by atoms with Gasteiger partial charge in [-0.25, -0.2) is 0 Å². The van der Waals surface area contributed by atoms with Crippen molar-refractivity contribution in [3.63, 3.8) is 0 Å². The van der Waals surface area contributed by atoms with E-state index in [0.29, 0.717) is 0 Å². The highest BCUT2D eigenvalue weighted by molar-refractivity contribution is 6.10. The van der Waals surface area contributed by atoms with Crippen molar-refractivity contribution in [3.8, 4) is 16.8 Å². The average molecular weight is 581 g/mol. The van der Waals surface area contributed by atoms with Crippen molar-refractivity contribution >= 4 is 50.4 Å². The number of fused-ring (bicyclic) bond motifs is 4. The Kier molecular flexibility index (Phi) is 7.63. The Hall–Kier alpha value is -5.60. The first-order chi connectivity index (χ1) is 22.2. The molecule has 7 aromatic rings. The first kappa shape index (κ1) is 28.2. The van der Waals surface area contributed by atoms with Crippen LogP contribution in [0.1, 0.15) is 19.4 Å². The molecule has 0 radical (unpaired) electrons. The monoisotopic (exact) mass is 580 g/mol. The van der Waals surface area contributed by atoms with Crippen LogP contribution >= 0.6 is 0 Å². The van der Waals surface area contributed by atoms with Crippen molar-refractivity contribution < 1.29 is 0 Å². The van der Waals surface area contributed by atoms with Crippen LogP contribution in [0.5, 0.6) is 0 Å². The van der Waals surface area contributed by atoms with Gasteiger partial charge in [0, 0.05) is 44.5 Å². The molecule has 0 saturated carbocycles. The predicted molar refractivity (Wildman–Crippen MR) is 195 cm³/mol. The lowest BCUT2D eigenvalue weighted by Crippen LogP contribution is -2.28. The van der Waals surface area contributed by atoms with Gasteiger partial charge in [-0.15, -0.1) is 0 Å². The largest absolute Gasteiger partial charge is 0.337 e. The normalized spacial score (nSPS) is 13.2. The molecule has 0 aliphatic carbocycles. The highest BCUT2D eigenvalue weighted by atomic mass is 15.0. The van der Waals surface area contributed by atoms with Crippen LogP contribution in [0.15, 0.2) is 152 Å². The van der Waals surface area contributed by atoms with Gasteiger partial charge in [-0.1, -0.05) is 122 Å². The standard InChI is InChI=1S/C43H36N2/c1-4-15-31(27-28-44-40(16-5-2)36(6-3)37-21-10-12-23-41(37)44)34-25-26-43-39(30-34)38-22-11-13-24-42(38)45(43)35-20-14-19-33(29-35)32-17-8-7-9-18-32/h4-27,29-30H,2,28H2,1,3H3/b15-4-,31-27+,36-6-,40-16+. The van der Waals surface area contributed by atoms with E-state index >= 15 is 0 Å². The SMILES string of the molecule is C=C/C=c1\c(=C/C)c2ccccc2n1C/C=C(\C=C/C)c1ccc2c(c1)c1ccccc1n2-c1cccc(-c2ccccc2)c1. The Labute approximate surface area is 264 Å². The van der Waals surface area contributed by atoms with E-state index in [1.54, 1.807) is 0 Å². The number of benzene rings is 5. The van der Waals surface area contributed by atoms with Crippen LogP contribution in [0.3, 0.4) is 0 Å². The molecule has 0 N–H and O–H groups in total. The molecule has 0 aliphatic rings. The highest BCUT2D eigenvalue weighted by Gasteiger charge is 2.14. The van der Waals surface area contributed by atoms with Crippen LogP contribution in [0.2, 0.25) is 0 Å². The molecular weight excluding hydrogens is 544 g/mol. The topological polar surface area (TPSA) is 9.86 Å². The molecule has 0 fully saturated rings. The Bertz CT molecular complexity index is 2380. The molecule has 0 bridgehead atoms. The number of hydrogen-bond donors (Lipinski definition) is 0.